The molecule has 0 amide bonds. The molecule has 0 aliphatic carbocycles. The molecule has 0 spiro atoms. The maximum atomic E-state index is 9.25. The summed E-state index contributed by atoms with van der Waals surface area (Å²) in [5.41, 5.74) is 0. The van der Waals surface area contributed by atoms with Crippen LogP contribution in [0.1, 0.15) is 6.92 Å². The zero-order valence-corrected chi connectivity index (χ0v) is 4.14. The molecule has 1 radical (unpaired) electrons. The largest absolute Gasteiger partial charge is 0.430 e. The predicted molar refractivity (Wildman–Crippen MR) is 23.3 cm³/mol. The molecule has 7 heavy (non-hydrogen) atoms. The Balaban J connectivity index is 2.56. The Morgan fingerprint density at radius 2 is 2.43 bits per heavy atom. The van der Waals surface area contributed by atoms with E-state index in [4.69, 9.17) is 0 Å². The van der Waals surface area contributed by atoms with E-state index in [1.54, 1.807) is 0 Å². The summed E-state index contributed by atoms with van der Waals surface area (Å²) >= 11 is 0. The quantitative estimate of drug-likeness (QED) is 0.373. The maximum Gasteiger partial charge on any atom is 0.419 e. The molecule has 0 saturated heterocycles. The van der Waals surface area contributed by atoms with E-state index >= 15 is 0 Å². The van der Waals surface area contributed by atoms with Crippen molar-refractivity contribution in [3.05, 3.63) is 0 Å². The van der Waals surface area contributed by atoms with Crippen LogP contribution in [0.25, 0.3) is 0 Å². The van der Waals surface area contributed by atoms with Crippen molar-refractivity contribution in [1.29, 1.82) is 0 Å². The van der Waals surface area contributed by atoms with Gasteiger partial charge < -0.3 is 9.47 Å². The van der Waals surface area contributed by atoms with Gasteiger partial charge in [-0.2, -0.15) is 0 Å². The summed E-state index contributed by atoms with van der Waals surface area (Å²) in [6, 6.07) is 0. The topological polar surface area (TPSA) is 35.5 Å². The lowest BCUT2D eigenvalue weighted by Crippen LogP contribution is -1.96. The molecule has 0 rings (SSSR count). The second-order valence-corrected chi connectivity index (χ2v) is 0.838. The second kappa shape index (κ2) is 5.43. The fraction of sp³-hybridized carbons (Fsp3) is 0.750. The molecule has 0 aromatic carbocycles. The van der Waals surface area contributed by atoms with Crippen LogP contribution in [0, 0.1) is 0 Å². The van der Waals surface area contributed by atoms with Crippen LogP contribution in [0.3, 0.4) is 0 Å². The lowest BCUT2D eigenvalue weighted by molar-refractivity contribution is 0.0127. The van der Waals surface area contributed by atoms with Gasteiger partial charge in [0.2, 0.25) is 0 Å². The van der Waals surface area contributed by atoms with Crippen LogP contribution in [-0.2, 0) is 14.3 Å². The van der Waals surface area contributed by atoms with Crippen LogP contribution < -0.4 is 0 Å². The smallest absolute Gasteiger partial charge is 0.419 e. The van der Waals surface area contributed by atoms with Gasteiger partial charge in [-0.15, -0.1) is 0 Å². The van der Waals surface area contributed by atoms with Crippen LogP contribution in [-0.4, -0.2) is 19.9 Å². The zero-order valence-electron chi connectivity index (χ0n) is 4.14. The highest BCUT2D eigenvalue weighted by molar-refractivity contribution is 5.37. The number of carbonyl (C=O) groups excluding carboxylic acids is 1. The Bertz CT molecular complexity index is 44.2. The molecule has 0 fully saturated rings. The first-order valence-corrected chi connectivity index (χ1v) is 1.98. The molecule has 0 aliphatic rings. The average Bonchev–Trinajstić information content (AvgIpc) is 1.69. The highest BCUT2D eigenvalue weighted by Crippen LogP contribution is 1.70. The third-order valence-electron chi connectivity index (χ3n) is 0.405. The van der Waals surface area contributed by atoms with Gasteiger partial charge >= 0.3 is 6.47 Å². The van der Waals surface area contributed by atoms with Gasteiger partial charge in [-0.1, -0.05) is 0 Å². The van der Waals surface area contributed by atoms with Gasteiger partial charge in [-0.25, -0.2) is 4.79 Å². The van der Waals surface area contributed by atoms with E-state index in [0.29, 0.717) is 6.61 Å². The van der Waals surface area contributed by atoms with E-state index in [1.807, 2.05) is 6.92 Å². The standard InChI is InChI=1S/C4H7O3/c1-2-6-4-7-3-5/h2,4H2,1H3. The molecule has 0 aromatic heterocycles. The van der Waals surface area contributed by atoms with Gasteiger partial charge in [0.05, 0.1) is 0 Å². The van der Waals surface area contributed by atoms with E-state index in [0.717, 1.165) is 0 Å². The first-order chi connectivity index (χ1) is 3.41. The number of ether oxygens (including phenoxy) is 2. The molecule has 41 valence electrons. The SMILES string of the molecule is CCOCO[C]=O. The summed E-state index contributed by atoms with van der Waals surface area (Å²) < 4.78 is 8.64. The first kappa shape index (κ1) is 6.43. The van der Waals surface area contributed by atoms with Crippen LogP contribution >= 0.6 is 0 Å². The van der Waals surface area contributed by atoms with Crippen LogP contribution in [0.2, 0.25) is 0 Å². The Morgan fingerprint density at radius 3 is 2.86 bits per heavy atom. The zero-order chi connectivity index (χ0) is 5.54. The Kier molecular flexibility index (Phi) is 4.99. The fourth-order valence-corrected chi connectivity index (χ4v) is 0.149. The number of rotatable bonds is 4. The summed E-state index contributed by atoms with van der Waals surface area (Å²) in [7, 11) is 0. The van der Waals surface area contributed by atoms with Gasteiger partial charge in [0.1, 0.15) is 0 Å². The van der Waals surface area contributed by atoms with Crippen molar-refractivity contribution in [2.24, 2.45) is 0 Å². The number of hydrogen-bond donors (Lipinski definition) is 0. The molecule has 0 unspecified atom stereocenters. The maximum absolute atomic E-state index is 9.25. The molecule has 0 atom stereocenters. The molecule has 0 saturated carbocycles. The molecular weight excluding hydrogens is 96.0 g/mol. The van der Waals surface area contributed by atoms with Crippen molar-refractivity contribution in [3.63, 3.8) is 0 Å². The molecular formula is C4H7O3. The summed E-state index contributed by atoms with van der Waals surface area (Å²) in [6.07, 6.45) is 0. The summed E-state index contributed by atoms with van der Waals surface area (Å²) in [5, 5.41) is 0. The minimum atomic E-state index is 0.0139. The third-order valence-corrected chi connectivity index (χ3v) is 0.405. The summed E-state index contributed by atoms with van der Waals surface area (Å²) in [5.74, 6) is 0. The Labute approximate surface area is 42.2 Å². The lowest BCUT2D eigenvalue weighted by atomic mass is 10.9. The van der Waals surface area contributed by atoms with Crippen molar-refractivity contribution in [1.82, 2.24) is 0 Å². The van der Waals surface area contributed by atoms with Crippen LogP contribution in [0.4, 0.5) is 0 Å². The minimum Gasteiger partial charge on any atom is -0.430 e. The van der Waals surface area contributed by atoms with Crippen molar-refractivity contribution >= 4 is 6.47 Å². The predicted octanol–water partition coefficient (Wildman–Crippen LogP) is 0.0642. The van der Waals surface area contributed by atoms with Crippen molar-refractivity contribution in [3.8, 4) is 0 Å². The van der Waals surface area contributed by atoms with Crippen molar-refractivity contribution in [2.75, 3.05) is 13.4 Å². The summed E-state index contributed by atoms with van der Waals surface area (Å²) in [4.78, 5) is 9.25. The highest BCUT2D eigenvalue weighted by atomic mass is 16.7. The summed E-state index contributed by atoms with van der Waals surface area (Å²) in [6.45, 7) is 3.61. The lowest BCUT2D eigenvalue weighted by Gasteiger charge is -1.93. The van der Waals surface area contributed by atoms with Gasteiger partial charge in [0.15, 0.2) is 6.79 Å². The molecule has 0 N–H and O–H groups in total. The molecule has 0 aromatic rings. The van der Waals surface area contributed by atoms with E-state index in [-0.39, 0.29) is 6.79 Å². The molecule has 3 nitrogen and oxygen atoms in total. The average molecular weight is 103 g/mol. The van der Waals surface area contributed by atoms with Gasteiger partial charge in [-0.3, -0.25) is 0 Å². The van der Waals surface area contributed by atoms with Crippen LogP contribution in [0.15, 0.2) is 0 Å². The van der Waals surface area contributed by atoms with Gasteiger partial charge in [0, 0.05) is 6.61 Å². The van der Waals surface area contributed by atoms with Crippen molar-refractivity contribution in [2.45, 2.75) is 6.92 Å². The highest BCUT2D eigenvalue weighted by Gasteiger charge is 1.77. The number of hydrogen-bond acceptors (Lipinski definition) is 3. The van der Waals surface area contributed by atoms with Crippen LogP contribution in [0.5, 0.6) is 0 Å². The first-order valence-electron chi connectivity index (χ1n) is 1.98. The fourth-order valence-electron chi connectivity index (χ4n) is 0.149. The molecule has 3 heteroatoms. The Hall–Kier alpha value is -0.570. The second-order valence-electron chi connectivity index (χ2n) is 0.838. The monoisotopic (exact) mass is 103 g/mol. The van der Waals surface area contributed by atoms with E-state index < -0.39 is 0 Å². The van der Waals surface area contributed by atoms with Gasteiger partial charge in [-0.05, 0) is 6.92 Å². The Morgan fingerprint density at radius 1 is 1.71 bits per heavy atom. The molecule has 0 aliphatic heterocycles. The van der Waals surface area contributed by atoms with Crippen molar-refractivity contribution < 1.29 is 14.3 Å². The third kappa shape index (κ3) is 5.43. The molecule has 0 heterocycles. The van der Waals surface area contributed by atoms with E-state index in [2.05, 4.69) is 9.47 Å². The van der Waals surface area contributed by atoms with E-state index in [9.17, 15) is 4.79 Å². The van der Waals surface area contributed by atoms with E-state index in [1.165, 1.54) is 6.47 Å². The minimum absolute atomic E-state index is 0.0139. The molecule has 0 bridgehead atoms. The normalized spacial score (nSPS) is 8.14. The van der Waals surface area contributed by atoms with Gasteiger partial charge in [0.25, 0.3) is 0 Å².